The summed E-state index contributed by atoms with van der Waals surface area (Å²) in [4.78, 5) is 4.13. The van der Waals surface area contributed by atoms with Crippen molar-refractivity contribution in [3.05, 3.63) is 18.5 Å². The fourth-order valence-electron chi connectivity index (χ4n) is 2.18. The van der Waals surface area contributed by atoms with Crippen molar-refractivity contribution in [2.75, 3.05) is 24.2 Å². The van der Waals surface area contributed by atoms with Crippen LogP contribution < -0.4 is 10.6 Å². The molecule has 1 saturated carbocycles. The van der Waals surface area contributed by atoms with Gasteiger partial charge in [0.2, 0.25) is 0 Å². The van der Waals surface area contributed by atoms with Crippen LogP contribution in [0.25, 0.3) is 0 Å². The normalized spacial score (nSPS) is 24.4. The molecule has 16 heavy (non-hydrogen) atoms. The minimum absolute atomic E-state index is 0.132. The summed E-state index contributed by atoms with van der Waals surface area (Å²) in [6.07, 6.45) is 6.67. The highest BCUT2D eigenvalue weighted by Crippen LogP contribution is 2.25. The SMILES string of the molecule is CNc1cncc(NCC2CCCC2O)c1. The van der Waals surface area contributed by atoms with Crippen molar-refractivity contribution in [1.82, 2.24) is 4.98 Å². The van der Waals surface area contributed by atoms with Crippen molar-refractivity contribution in [2.45, 2.75) is 25.4 Å². The molecule has 1 aromatic rings. The lowest BCUT2D eigenvalue weighted by Gasteiger charge is -2.16. The molecule has 1 aromatic heterocycles. The summed E-state index contributed by atoms with van der Waals surface area (Å²) in [7, 11) is 1.88. The van der Waals surface area contributed by atoms with E-state index in [4.69, 9.17) is 0 Å². The number of pyridine rings is 1. The molecule has 3 N–H and O–H groups in total. The van der Waals surface area contributed by atoms with E-state index in [1.54, 1.807) is 6.20 Å². The highest BCUT2D eigenvalue weighted by Gasteiger charge is 2.24. The summed E-state index contributed by atoms with van der Waals surface area (Å²) in [5, 5.41) is 16.1. The van der Waals surface area contributed by atoms with E-state index in [1.807, 2.05) is 19.3 Å². The van der Waals surface area contributed by atoms with Gasteiger partial charge in [0.25, 0.3) is 0 Å². The number of anilines is 2. The Hall–Kier alpha value is -1.29. The first-order valence-corrected chi connectivity index (χ1v) is 5.84. The van der Waals surface area contributed by atoms with Crippen molar-refractivity contribution in [3.8, 4) is 0 Å². The van der Waals surface area contributed by atoms with E-state index in [2.05, 4.69) is 15.6 Å². The maximum absolute atomic E-state index is 9.70. The molecule has 0 bridgehead atoms. The van der Waals surface area contributed by atoms with Crippen LogP contribution in [-0.4, -0.2) is 29.8 Å². The number of nitrogens with one attached hydrogen (secondary N) is 2. The molecule has 0 saturated heterocycles. The minimum atomic E-state index is -0.132. The number of hydrogen-bond donors (Lipinski definition) is 3. The first-order valence-electron chi connectivity index (χ1n) is 5.84. The summed E-state index contributed by atoms with van der Waals surface area (Å²) in [6, 6.07) is 2.02. The van der Waals surface area contributed by atoms with Crippen LogP contribution in [0.5, 0.6) is 0 Å². The first kappa shape index (κ1) is 11.2. The molecule has 4 nitrogen and oxygen atoms in total. The van der Waals surface area contributed by atoms with Gasteiger partial charge in [-0.15, -0.1) is 0 Å². The van der Waals surface area contributed by atoms with Gasteiger partial charge in [0, 0.05) is 19.5 Å². The largest absolute Gasteiger partial charge is 0.393 e. The third-order valence-electron chi connectivity index (χ3n) is 3.21. The van der Waals surface area contributed by atoms with Crippen molar-refractivity contribution in [3.63, 3.8) is 0 Å². The lowest BCUT2D eigenvalue weighted by atomic mass is 10.1. The molecule has 0 spiro atoms. The lowest BCUT2D eigenvalue weighted by Crippen LogP contribution is -2.21. The number of hydrogen-bond acceptors (Lipinski definition) is 4. The molecule has 2 unspecified atom stereocenters. The maximum atomic E-state index is 9.70. The van der Waals surface area contributed by atoms with E-state index >= 15 is 0 Å². The van der Waals surface area contributed by atoms with Crippen LogP contribution in [0, 0.1) is 5.92 Å². The van der Waals surface area contributed by atoms with Crippen LogP contribution >= 0.6 is 0 Å². The molecule has 2 atom stereocenters. The van der Waals surface area contributed by atoms with Crippen molar-refractivity contribution in [1.29, 1.82) is 0 Å². The third-order valence-corrected chi connectivity index (χ3v) is 3.21. The molecule has 0 amide bonds. The van der Waals surface area contributed by atoms with E-state index in [-0.39, 0.29) is 6.10 Å². The van der Waals surface area contributed by atoms with Crippen molar-refractivity contribution >= 4 is 11.4 Å². The van der Waals surface area contributed by atoms with Crippen LogP contribution in [0.3, 0.4) is 0 Å². The Morgan fingerprint density at radius 3 is 2.88 bits per heavy atom. The van der Waals surface area contributed by atoms with Gasteiger partial charge in [0.15, 0.2) is 0 Å². The van der Waals surface area contributed by atoms with Crippen LogP contribution in [0.15, 0.2) is 18.5 Å². The monoisotopic (exact) mass is 221 g/mol. The average molecular weight is 221 g/mol. The molecular weight excluding hydrogens is 202 g/mol. The van der Waals surface area contributed by atoms with E-state index in [0.717, 1.165) is 37.2 Å². The van der Waals surface area contributed by atoms with Gasteiger partial charge >= 0.3 is 0 Å². The van der Waals surface area contributed by atoms with Crippen molar-refractivity contribution in [2.24, 2.45) is 5.92 Å². The fraction of sp³-hybridized carbons (Fsp3) is 0.583. The van der Waals surface area contributed by atoms with Gasteiger partial charge in [-0.2, -0.15) is 0 Å². The zero-order chi connectivity index (χ0) is 11.4. The molecule has 1 aliphatic carbocycles. The van der Waals surface area contributed by atoms with Gasteiger partial charge in [-0.3, -0.25) is 4.98 Å². The maximum Gasteiger partial charge on any atom is 0.0585 e. The Morgan fingerprint density at radius 1 is 1.38 bits per heavy atom. The second kappa shape index (κ2) is 5.16. The lowest BCUT2D eigenvalue weighted by molar-refractivity contribution is 0.138. The van der Waals surface area contributed by atoms with Gasteiger partial charge in [-0.1, -0.05) is 6.42 Å². The summed E-state index contributed by atoms with van der Waals surface area (Å²) < 4.78 is 0. The predicted molar refractivity (Wildman–Crippen MR) is 65.6 cm³/mol. The van der Waals surface area contributed by atoms with Crippen LogP contribution in [0.2, 0.25) is 0 Å². The Morgan fingerprint density at radius 2 is 2.19 bits per heavy atom. The van der Waals surface area contributed by atoms with Gasteiger partial charge in [0.1, 0.15) is 0 Å². The molecule has 1 aliphatic rings. The summed E-state index contributed by atoms with van der Waals surface area (Å²) in [5.41, 5.74) is 2.00. The first-order chi connectivity index (χ1) is 7.79. The van der Waals surface area contributed by atoms with E-state index in [1.165, 1.54) is 0 Å². The number of aliphatic hydroxyl groups excluding tert-OH is 1. The number of aliphatic hydroxyl groups is 1. The zero-order valence-electron chi connectivity index (χ0n) is 9.61. The molecule has 0 radical (unpaired) electrons. The minimum Gasteiger partial charge on any atom is -0.393 e. The highest BCUT2D eigenvalue weighted by atomic mass is 16.3. The Bertz CT molecular complexity index is 343. The molecule has 1 fully saturated rings. The van der Waals surface area contributed by atoms with Gasteiger partial charge in [-0.05, 0) is 18.9 Å². The molecule has 88 valence electrons. The second-order valence-electron chi connectivity index (χ2n) is 4.35. The molecular formula is C12H19N3O. The molecule has 1 heterocycles. The Kier molecular flexibility index (Phi) is 3.62. The number of rotatable bonds is 4. The predicted octanol–water partition coefficient (Wildman–Crippen LogP) is 1.70. The Labute approximate surface area is 96.1 Å². The standard InChI is InChI=1S/C12H19N3O/c1-13-10-5-11(8-14-7-10)15-6-9-3-2-4-12(9)16/h5,7-9,12-13,15-16H,2-4,6H2,1H3. The second-order valence-corrected chi connectivity index (χ2v) is 4.35. The zero-order valence-corrected chi connectivity index (χ0v) is 9.61. The smallest absolute Gasteiger partial charge is 0.0585 e. The molecule has 4 heteroatoms. The summed E-state index contributed by atoms with van der Waals surface area (Å²) in [5.74, 6) is 0.387. The molecule has 0 aromatic carbocycles. The quantitative estimate of drug-likeness (QED) is 0.724. The van der Waals surface area contributed by atoms with Crippen LogP contribution in [-0.2, 0) is 0 Å². The number of nitrogens with zero attached hydrogens (tertiary/aromatic N) is 1. The molecule has 2 rings (SSSR count). The van der Waals surface area contributed by atoms with Crippen molar-refractivity contribution < 1.29 is 5.11 Å². The van der Waals surface area contributed by atoms with Gasteiger partial charge in [0.05, 0.1) is 29.9 Å². The number of aromatic nitrogens is 1. The van der Waals surface area contributed by atoms with Crippen LogP contribution in [0.4, 0.5) is 11.4 Å². The Balaban J connectivity index is 1.88. The van der Waals surface area contributed by atoms with Gasteiger partial charge in [-0.25, -0.2) is 0 Å². The third kappa shape index (κ3) is 2.64. The fourth-order valence-corrected chi connectivity index (χ4v) is 2.18. The summed E-state index contributed by atoms with van der Waals surface area (Å²) >= 11 is 0. The summed E-state index contributed by atoms with van der Waals surface area (Å²) in [6.45, 7) is 0.829. The van der Waals surface area contributed by atoms with Gasteiger partial charge < -0.3 is 15.7 Å². The van der Waals surface area contributed by atoms with E-state index in [0.29, 0.717) is 5.92 Å². The topological polar surface area (TPSA) is 57.2 Å². The average Bonchev–Trinajstić information content (AvgIpc) is 2.72. The van der Waals surface area contributed by atoms with Crippen LogP contribution in [0.1, 0.15) is 19.3 Å². The van der Waals surface area contributed by atoms with E-state index < -0.39 is 0 Å². The molecule has 0 aliphatic heterocycles. The highest BCUT2D eigenvalue weighted by molar-refractivity contribution is 5.53. The van der Waals surface area contributed by atoms with E-state index in [9.17, 15) is 5.11 Å².